The third kappa shape index (κ3) is 3.34. The maximum absolute atomic E-state index is 14.5. The van der Waals surface area contributed by atoms with E-state index in [9.17, 15) is 22.3 Å². The van der Waals surface area contributed by atoms with Crippen LogP contribution >= 0.6 is 0 Å². The summed E-state index contributed by atoms with van der Waals surface area (Å²) in [6.45, 7) is 3.94. The van der Waals surface area contributed by atoms with E-state index in [0.29, 0.717) is 17.8 Å². The third-order valence-electron chi connectivity index (χ3n) is 8.45. The van der Waals surface area contributed by atoms with Gasteiger partial charge >= 0.3 is 0 Å². The van der Waals surface area contributed by atoms with Crippen LogP contribution in [0.5, 0.6) is 0 Å². The molecule has 11 heteroatoms. The fourth-order valence-electron chi connectivity index (χ4n) is 6.43. The Labute approximate surface area is 213 Å². The van der Waals surface area contributed by atoms with Crippen molar-refractivity contribution in [3.8, 4) is 11.3 Å². The molecule has 2 N–H and O–H groups in total. The smallest absolute Gasteiger partial charge is 0.258 e. The minimum atomic E-state index is -4.05. The first-order chi connectivity index (χ1) is 17.5. The lowest BCUT2D eigenvalue weighted by Gasteiger charge is -2.40. The molecule has 2 bridgehead atoms. The quantitative estimate of drug-likeness (QED) is 0.506. The van der Waals surface area contributed by atoms with Gasteiger partial charge in [-0.3, -0.25) is 0 Å². The summed E-state index contributed by atoms with van der Waals surface area (Å²) in [6, 6.07) is 10.2. The molecule has 3 aromatic rings. The molecular weight excluding hydrogens is 502 g/mol. The average Bonchev–Trinajstić information content (AvgIpc) is 3.22. The molecule has 1 aliphatic heterocycles. The molecule has 3 aliphatic rings. The second kappa shape index (κ2) is 8.07. The highest BCUT2D eigenvalue weighted by Crippen LogP contribution is 2.69. The number of nitrogens with zero attached hydrogens (tertiary/aromatic N) is 3. The number of aromatic nitrogens is 3. The van der Waals surface area contributed by atoms with Gasteiger partial charge in [-0.15, -0.1) is 5.10 Å². The lowest BCUT2D eigenvalue weighted by molar-refractivity contribution is -0.0858. The van der Waals surface area contributed by atoms with Crippen LogP contribution in [-0.2, 0) is 20.2 Å². The Bertz CT molecular complexity index is 1500. The van der Waals surface area contributed by atoms with Gasteiger partial charge in [0.05, 0.1) is 47.9 Å². The highest BCUT2D eigenvalue weighted by atomic mass is 32.2. The fourth-order valence-corrected chi connectivity index (χ4v) is 7.76. The van der Waals surface area contributed by atoms with E-state index in [1.807, 2.05) is 0 Å². The number of benzene rings is 1. The standard InChI is InChI=1S/C26H26F2N4O4S/c1-24(2)16-9-10-26(24,23-15(16)11-19(30-31-23)22-17(27)5-3-6-18(22)28)20-7-4-8-21(29-20)37(34,35)32-25(12-33)13-36-14-25/h3-8,11,16,32-33H,9-10,12-14H2,1-2H3/t16-,26-/m0/s1. The SMILES string of the molecule is CC1(C)[C@H]2CC[C@]1(c1cccc(S(=O)(=O)NC3(CO)COC3)n1)c1nnc(-c3c(F)cccc3F)cc12. The second-order valence-electron chi connectivity index (χ2n) is 10.7. The number of nitrogens with one attached hydrogen (secondary N) is 1. The number of aliphatic hydroxyl groups is 1. The number of fused-ring (bicyclic) bond motifs is 5. The van der Waals surface area contributed by atoms with Crippen molar-refractivity contribution in [3.05, 3.63) is 71.1 Å². The van der Waals surface area contributed by atoms with E-state index in [-0.39, 0.29) is 35.4 Å². The molecule has 37 heavy (non-hydrogen) atoms. The molecular formula is C26H26F2N4O4S. The molecule has 2 atom stereocenters. The molecule has 3 heterocycles. The Kier molecular flexibility index (Phi) is 5.34. The summed E-state index contributed by atoms with van der Waals surface area (Å²) >= 11 is 0. The fraction of sp³-hybridized carbons (Fsp3) is 0.423. The lowest BCUT2D eigenvalue weighted by atomic mass is 9.66. The topological polar surface area (TPSA) is 114 Å². The number of aliphatic hydroxyl groups excluding tert-OH is 1. The van der Waals surface area contributed by atoms with Crippen LogP contribution in [-0.4, -0.2) is 54.1 Å². The zero-order valence-electron chi connectivity index (χ0n) is 20.3. The second-order valence-corrected chi connectivity index (χ2v) is 12.4. The van der Waals surface area contributed by atoms with E-state index in [2.05, 4.69) is 33.8 Å². The summed E-state index contributed by atoms with van der Waals surface area (Å²) in [6.07, 6.45) is 1.46. The molecule has 6 rings (SSSR count). The molecule has 0 unspecified atom stereocenters. The maximum Gasteiger partial charge on any atom is 0.258 e. The molecule has 0 amide bonds. The Balaban J connectivity index is 1.45. The van der Waals surface area contributed by atoms with Crippen molar-refractivity contribution in [2.45, 2.75) is 48.6 Å². The predicted octanol–water partition coefficient (Wildman–Crippen LogP) is 3.06. The summed E-state index contributed by atoms with van der Waals surface area (Å²) in [5.41, 5.74) is -0.244. The summed E-state index contributed by atoms with van der Waals surface area (Å²) < 4.78 is 63.0. The average molecular weight is 529 g/mol. The van der Waals surface area contributed by atoms with Crippen molar-refractivity contribution < 1.29 is 27.0 Å². The van der Waals surface area contributed by atoms with Crippen LogP contribution in [0, 0.1) is 17.0 Å². The van der Waals surface area contributed by atoms with Gasteiger partial charge < -0.3 is 9.84 Å². The molecule has 0 spiro atoms. The molecule has 2 aliphatic carbocycles. The van der Waals surface area contributed by atoms with Crippen molar-refractivity contribution in [1.82, 2.24) is 19.9 Å². The van der Waals surface area contributed by atoms with Crippen LogP contribution in [0.15, 0.2) is 47.5 Å². The first kappa shape index (κ1) is 24.5. The van der Waals surface area contributed by atoms with Crippen molar-refractivity contribution in [1.29, 1.82) is 0 Å². The third-order valence-corrected chi connectivity index (χ3v) is 9.93. The molecule has 2 aromatic heterocycles. The number of sulfonamides is 1. The molecule has 2 fully saturated rings. The van der Waals surface area contributed by atoms with Crippen LogP contribution in [0.1, 0.15) is 49.6 Å². The first-order valence-electron chi connectivity index (χ1n) is 12.1. The van der Waals surface area contributed by atoms with Crippen LogP contribution in [0.3, 0.4) is 0 Å². The van der Waals surface area contributed by atoms with E-state index in [0.717, 1.165) is 12.0 Å². The lowest BCUT2D eigenvalue weighted by Crippen LogP contribution is -2.64. The monoisotopic (exact) mass is 528 g/mol. The minimum absolute atomic E-state index is 0.0246. The Morgan fingerprint density at radius 2 is 1.81 bits per heavy atom. The van der Waals surface area contributed by atoms with Crippen LogP contribution < -0.4 is 4.72 Å². The first-order valence-corrected chi connectivity index (χ1v) is 13.6. The molecule has 1 saturated heterocycles. The van der Waals surface area contributed by atoms with Gasteiger partial charge in [0.15, 0.2) is 5.03 Å². The number of halogens is 2. The maximum atomic E-state index is 14.5. The molecule has 194 valence electrons. The number of rotatable bonds is 6. The zero-order chi connectivity index (χ0) is 26.2. The normalized spacial score (nSPS) is 25.1. The van der Waals surface area contributed by atoms with E-state index in [4.69, 9.17) is 4.74 Å². The number of pyridine rings is 1. The van der Waals surface area contributed by atoms with E-state index in [1.165, 1.54) is 24.3 Å². The van der Waals surface area contributed by atoms with E-state index in [1.54, 1.807) is 18.2 Å². The van der Waals surface area contributed by atoms with Gasteiger partial charge in [-0.25, -0.2) is 22.2 Å². The van der Waals surface area contributed by atoms with Gasteiger partial charge in [-0.2, -0.15) is 9.82 Å². The zero-order valence-corrected chi connectivity index (χ0v) is 21.1. The van der Waals surface area contributed by atoms with E-state index >= 15 is 0 Å². The van der Waals surface area contributed by atoms with Crippen LogP contribution in [0.2, 0.25) is 0 Å². The summed E-state index contributed by atoms with van der Waals surface area (Å²) in [5.74, 6) is -1.40. The van der Waals surface area contributed by atoms with Crippen molar-refractivity contribution in [2.75, 3.05) is 19.8 Å². The van der Waals surface area contributed by atoms with Crippen molar-refractivity contribution in [2.24, 2.45) is 5.41 Å². The predicted molar refractivity (Wildman–Crippen MR) is 129 cm³/mol. The largest absolute Gasteiger partial charge is 0.394 e. The van der Waals surface area contributed by atoms with Crippen molar-refractivity contribution in [3.63, 3.8) is 0 Å². The highest BCUT2D eigenvalue weighted by molar-refractivity contribution is 7.89. The minimum Gasteiger partial charge on any atom is -0.394 e. The van der Waals surface area contributed by atoms with Gasteiger partial charge in [-0.1, -0.05) is 26.0 Å². The van der Waals surface area contributed by atoms with Gasteiger partial charge in [0.2, 0.25) is 0 Å². The summed E-state index contributed by atoms with van der Waals surface area (Å²) in [7, 11) is -4.05. The van der Waals surface area contributed by atoms with Gasteiger partial charge in [-0.05, 0) is 60.1 Å². The number of hydrogen-bond donors (Lipinski definition) is 2. The summed E-state index contributed by atoms with van der Waals surface area (Å²) in [5, 5.41) is 18.2. The van der Waals surface area contributed by atoms with Crippen molar-refractivity contribution >= 4 is 10.0 Å². The van der Waals surface area contributed by atoms with Crippen LogP contribution in [0.25, 0.3) is 11.3 Å². The van der Waals surface area contributed by atoms with Crippen LogP contribution in [0.4, 0.5) is 8.78 Å². The van der Waals surface area contributed by atoms with E-state index < -0.39 is 44.6 Å². The van der Waals surface area contributed by atoms with Gasteiger partial charge in [0.1, 0.15) is 17.2 Å². The van der Waals surface area contributed by atoms with Gasteiger partial charge in [0.25, 0.3) is 10.0 Å². The Morgan fingerprint density at radius 3 is 2.46 bits per heavy atom. The number of ether oxygens (including phenoxy) is 1. The molecule has 8 nitrogen and oxygen atoms in total. The summed E-state index contributed by atoms with van der Waals surface area (Å²) in [4.78, 5) is 4.62. The Hall–Kier alpha value is -2.86. The number of hydrogen-bond acceptors (Lipinski definition) is 7. The Morgan fingerprint density at radius 1 is 1.11 bits per heavy atom. The molecule has 0 radical (unpaired) electrons. The van der Waals surface area contributed by atoms with Gasteiger partial charge in [0, 0.05) is 0 Å². The molecule has 1 aromatic carbocycles. The molecule has 1 saturated carbocycles. The highest BCUT2D eigenvalue weighted by Gasteiger charge is 2.65.